The van der Waals surface area contributed by atoms with Crippen molar-refractivity contribution >= 4 is 16.7 Å². The van der Waals surface area contributed by atoms with Crippen molar-refractivity contribution < 1.29 is 13.7 Å². The highest BCUT2D eigenvalue weighted by atomic mass is 32.2. The van der Waals surface area contributed by atoms with E-state index >= 15 is 0 Å². The van der Waals surface area contributed by atoms with E-state index in [-0.39, 0.29) is 18.5 Å². The molecule has 0 aromatic carbocycles. The summed E-state index contributed by atoms with van der Waals surface area (Å²) < 4.78 is 15.7. The Kier molecular flexibility index (Phi) is 8.55. The fourth-order valence-corrected chi connectivity index (χ4v) is 1.88. The molecule has 2 N–H and O–H groups in total. The van der Waals surface area contributed by atoms with E-state index in [9.17, 15) is 9.00 Å². The van der Waals surface area contributed by atoms with Crippen molar-refractivity contribution in [3.63, 3.8) is 0 Å². The van der Waals surface area contributed by atoms with Gasteiger partial charge in [0.1, 0.15) is 0 Å². The molecular weight excluding hydrogens is 216 g/mol. The first-order valence-electron chi connectivity index (χ1n) is 4.85. The minimum atomic E-state index is -0.876. The topological polar surface area (TPSA) is 67.4 Å². The average Bonchev–Trinajstić information content (AvgIpc) is 2.10. The average molecular weight is 236 g/mol. The second kappa shape index (κ2) is 8.82. The Balaban J connectivity index is 3.51. The molecule has 0 aliphatic heterocycles. The van der Waals surface area contributed by atoms with Gasteiger partial charge in [0.2, 0.25) is 5.91 Å². The zero-order valence-corrected chi connectivity index (χ0v) is 10.4. The Morgan fingerprint density at radius 2 is 2.20 bits per heavy atom. The van der Waals surface area contributed by atoms with Gasteiger partial charge < -0.3 is 15.4 Å². The number of amides is 1. The zero-order valence-electron chi connectivity index (χ0n) is 9.54. The summed E-state index contributed by atoms with van der Waals surface area (Å²) in [5.41, 5.74) is 0. The van der Waals surface area contributed by atoms with E-state index in [4.69, 9.17) is 4.74 Å². The molecule has 90 valence electrons. The van der Waals surface area contributed by atoms with Crippen molar-refractivity contribution in [2.45, 2.75) is 13.0 Å². The summed E-state index contributed by atoms with van der Waals surface area (Å²) in [7, 11) is 0.736. The Hall–Kier alpha value is -0.460. The lowest BCUT2D eigenvalue weighted by atomic mass is 10.4. The van der Waals surface area contributed by atoms with Crippen LogP contribution >= 0.6 is 0 Å². The number of carbonyl (C=O) groups is 1. The van der Waals surface area contributed by atoms with Crippen molar-refractivity contribution in [1.29, 1.82) is 0 Å². The maximum atomic E-state index is 11.3. The van der Waals surface area contributed by atoms with Crippen molar-refractivity contribution in [1.82, 2.24) is 10.6 Å². The van der Waals surface area contributed by atoms with E-state index in [0.29, 0.717) is 18.9 Å². The Morgan fingerprint density at radius 3 is 2.73 bits per heavy atom. The lowest BCUT2D eigenvalue weighted by Crippen LogP contribution is -2.41. The lowest BCUT2D eigenvalue weighted by Gasteiger charge is -2.12. The molecule has 0 aromatic rings. The summed E-state index contributed by atoms with van der Waals surface area (Å²) >= 11 is 0. The van der Waals surface area contributed by atoms with Crippen LogP contribution in [-0.2, 0) is 20.3 Å². The molecule has 5 nitrogen and oxygen atoms in total. The standard InChI is InChI=1S/C9H20N2O3S/c1-8(7-15(3)13)11-9(12)6-10-4-5-14-2/h8,10H,4-7H2,1-3H3,(H,11,12). The van der Waals surface area contributed by atoms with Crippen LogP contribution in [0.4, 0.5) is 0 Å². The molecule has 0 saturated heterocycles. The van der Waals surface area contributed by atoms with Gasteiger partial charge in [-0.1, -0.05) is 0 Å². The Bertz CT molecular complexity index is 212. The van der Waals surface area contributed by atoms with Crippen LogP contribution in [0.15, 0.2) is 0 Å². The number of hydrogen-bond donors (Lipinski definition) is 2. The van der Waals surface area contributed by atoms with E-state index in [1.54, 1.807) is 13.4 Å². The van der Waals surface area contributed by atoms with Crippen molar-refractivity contribution in [2.24, 2.45) is 0 Å². The highest BCUT2D eigenvalue weighted by molar-refractivity contribution is 7.84. The predicted octanol–water partition coefficient (Wildman–Crippen LogP) is -0.894. The first-order chi connectivity index (χ1) is 7.06. The number of methoxy groups -OCH3 is 1. The monoisotopic (exact) mass is 236 g/mol. The van der Waals surface area contributed by atoms with Crippen LogP contribution in [-0.4, -0.2) is 55.0 Å². The van der Waals surface area contributed by atoms with Crippen LogP contribution in [0.1, 0.15) is 6.92 Å². The molecule has 6 heteroatoms. The molecule has 0 fully saturated rings. The predicted molar refractivity (Wildman–Crippen MR) is 61.3 cm³/mol. The first-order valence-corrected chi connectivity index (χ1v) is 6.58. The number of carbonyl (C=O) groups excluding carboxylic acids is 1. The normalized spacial score (nSPS) is 14.6. The Labute approximate surface area is 93.4 Å². The summed E-state index contributed by atoms with van der Waals surface area (Å²) in [6.45, 7) is 3.35. The molecule has 2 atom stereocenters. The molecule has 0 saturated carbocycles. The van der Waals surface area contributed by atoms with E-state index in [1.165, 1.54) is 0 Å². The van der Waals surface area contributed by atoms with Gasteiger partial charge in [-0.25, -0.2) is 0 Å². The van der Waals surface area contributed by atoms with E-state index in [2.05, 4.69) is 10.6 Å². The number of nitrogens with one attached hydrogen (secondary N) is 2. The van der Waals surface area contributed by atoms with Crippen LogP contribution in [0.5, 0.6) is 0 Å². The van der Waals surface area contributed by atoms with Gasteiger partial charge in [0.05, 0.1) is 13.2 Å². The van der Waals surface area contributed by atoms with Gasteiger partial charge in [0, 0.05) is 42.5 Å². The summed E-state index contributed by atoms with van der Waals surface area (Å²) in [4.78, 5) is 11.3. The molecule has 0 aromatic heterocycles. The summed E-state index contributed by atoms with van der Waals surface area (Å²) in [5.74, 6) is 0.410. The van der Waals surface area contributed by atoms with E-state index in [1.807, 2.05) is 6.92 Å². The molecule has 0 aliphatic rings. The zero-order chi connectivity index (χ0) is 11.7. The van der Waals surface area contributed by atoms with Crippen LogP contribution in [0.2, 0.25) is 0 Å². The van der Waals surface area contributed by atoms with E-state index < -0.39 is 10.8 Å². The maximum Gasteiger partial charge on any atom is 0.234 e. The second-order valence-electron chi connectivity index (χ2n) is 3.38. The lowest BCUT2D eigenvalue weighted by molar-refractivity contribution is -0.120. The third-order valence-electron chi connectivity index (χ3n) is 1.66. The van der Waals surface area contributed by atoms with Gasteiger partial charge >= 0.3 is 0 Å². The van der Waals surface area contributed by atoms with Crippen molar-refractivity contribution in [3.05, 3.63) is 0 Å². The quantitative estimate of drug-likeness (QED) is 0.536. The number of ether oxygens (including phenoxy) is 1. The van der Waals surface area contributed by atoms with Crippen LogP contribution in [0.25, 0.3) is 0 Å². The summed E-state index contributed by atoms with van der Waals surface area (Å²) in [6, 6.07) is -0.0486. The molecule has 0 aliphatic carbocycles. The highest BCUT2D eigenvalue weighted by Crippen LogP contribution is 1.85. The molecule has 0 heterocycles. The molecule has 0 radical (unpaired) electrons. The molecular formula is C9H20N2O3S. The minimum absolute atomic E-state index is 0.0486. The maximum absolute atomic E-state index is 11.3. The molecule has 0 spiro atoms. The molecule has 15 heavy (non-hydrogen) atoms. The Morgan fingerprint density at radius 1 is 1.53 bits per heavy atom. The largest absolute Gasteiger partial charge is 0.383 e. The number of hydrogen-bond acceptors (Lipinski definition) is 4. The van der Waals surface area contributed by atoms with Gasteiger partial charge in [-0.15, -0.1) is 0 Å². The highest BCUT2D eigenvalue weighted by Gasteiger charge is 2.07. The van der Waals surface area contributed by atoms with E-state index in [0.717, 1.165) is 0 Å². The van der Waals surface area contributed by atoms with Crippen LogP contribution < -0.4 is 10.6 Å². The third-order valence-corrected chi connectivity index (χ3v) is 2.63. The van der Waals surface area contributed by atoms with Gasteiger partial charge in [0.15, 0.2) is 0 Å². The summed E-state index contributed by atoms with van der Waals surface area (Å²) in [6.07, 6.45) is 1.62. The second-order valence-corrected chi connectivity index (χ2v) is 4.86. The molecule has 2 unspecified atom stereocenters. The van der Waals surface area contributed by atoms with Crippen LogP contribution in [0, 0.1) is 0 Å². The molecule has 1 amide bonds. The minimum Gasteiger partial charge on any atom is -0.383 e. The smallest absolute Gasteiger partial charge is 0.234 e. The van der Waals surface area contributed by atoms with Crippen molar-refractivity contribution in [2.75, 3.05) is 38.8 Å². The fraction of sp³-hybridized carbons (Fsp3) is 0.889. The van der Waals surface area contributed by atoms with Crippen molar-refractivity contribution in [3.8, 4) is 0 Å². The van der Waals surface area contributed by atoms with Gasteiger partial charge in [-0.2, -0.15) is 0 Å². The SMILES string of the molecule is COCCNCC(=O)NC(C)CS(C)=O. The number of rotatable bonds is 8. The third kappa shape index (κ3) is 9.84. The van der Waals surface area contributed by atoms with Gasteiger partial charge in [-0.3, -0.25) is 9.00 Å². The van der Waals surface area contributed by atoms with Gasteiger partial charge in [0.25, 0.3) is 0 Å². The summed E-state index contributed by atoms with van der Waals surface area (Å²) in [5, 5.41) is 5.68. The fourth-order valence-electron chi connectivity index (χ4n) is 1.10. The molecule has 0 bridgehead atoms. The van der Waals surface area contributed by atoms with Crippen LogP contribution in [0.3, 0.4) is 0 Å². The van der Waals surface area contributed by atoms with Gasteiger partial charge in [-0.05, 0) is 6.92 Å². The molecule has 0 rings (SSSR count). The first kappa shape index (κ1) is 14.5.